The number of carbonyl (C=O) groups excluding carboxylic acids is 2. The van der Waals surface area contributed by atoms with Gasteiger partial charge in [0.05, 0.1) is 36.9 Å². The number of thiophene rings is 1. The summed E-state index contributed by atoms with van der Waals surface area (Å²) in [6.07, 6.45) is 0. The number of halogens is 1. The van der Waals surface area contributed by atoms with Crippen molar-refractivity contribution in [3.05, 3.63) is 74.9 Å². The van der Waals surface area contributed by atoms with E-state index < -0.39 is 12.0 Å². The summed E-state index contributed by atoms with van der Waals surface area (Å²) in [5.41, 5.74) is 1.65. The van der Waals surface area contributed by atoms with Gasteiger partial charge in [0.25, 0.3) is 5.91 Å². The third kappa shape index (κ3) is 3.75. The van der Waals surface area contributed by atoms with Gasteiger partial charge in [-0.3, -0.25) is 9.59 Å². The largest absolute Gasteiger partial charge is 0.495 e. The number of carbonyl (C=O) groups is 2. The van der Waals surface area contributed by atoms with Crippen LogP contribution >= 0.6 is 22.9 Å². The molecule has 2 amide bonds. The van der Waals surface area contributed by atoms with Gasteiger partial charge >= 0.3 is 0 Å². The first-order valence-corrected chi connectivity index (χ1v) is 10.8. The number of amides is 2. The van der Waals surface area contributed by atoms with Gasteiger partial charge in [-0.2, -0.15) is 0 Å². The highest BCUT2D eigenvalue weighted by atomic mass is 35.5. The average Bonchev–Trinajstić information content (AvgIpc) is 3.30. The molecule has 31 heavy (non-hydrogen) atoms. The highest BCUT2D eigenvalue weighted by Crippen LogP contribution is 2.44. The summed E-state index contributed by atoms with van der Waals surface area (Å²) >= 11 is 7.79. The molecule has 0 aliphatic carbocycles. The summed E-state index contributed by atoms with van der Waals surface area (Å²) < 4.78 is 10.7. The summed E-state index contributed by atoms with van der Waals surface area (Å²) in [5, 5.41) is 5.25. The van der Waals surface area contributed by atoms with Crippen LogP contribution in [0.1, 0.15) is 32.8 Å². The van der Waals surface area contributed by atoms with Gasteiger partial charge in [-0.25, -0.2) is 0 Å². The molecule has 0 spiro atoms. The molecule has 4 rings (SSSR count). The maximum atomic E-state index is 13.6. The number of nitrogens with one attached hydrogen (secondary N) is 1. The summed E-state index contributed by atoms with van der Waals surface area (Å²) in [6, 6.07) is 13.9. The molecule has 0 saturated carbocycles. The zero-order valence-corrected chi connectivity index (χ0v) is 18.8. The number of hydrogen-bond donors (Lipinski definition) is 1. The van der Waals surface area contributed by atoms with E-state index in [0.29, 0.717) is 33.3 Å². The van der Waals surface area contributed by atoms with Crippen molar-refractivity contribution in [2.75, 3.05) is 26.6 Å². The molecule has 0 fully saturated rings. The zero-order chi connectivity index (χ0) is 22.1. The molecule has 0 bridgehead atoms. The molecule has 160 valence electrons. The van der Waals surface area contributed by atoms with Gasteiger partial charge in [0.15, 0.2) is 0 Å². The molecule has 0 saturated heterocycles. The SMILES string of the molecule is COc1cc(OC)c(NC(=O)[C@@H]2c3ccccc3C(=O)N(C)[C@H]2c2cccs2)cc1Cl. The standard InChI is InChI=1S/C23H21ClN2O4S/c1-26-21(19-9-6-10-31-19)20(13-7-4-5-8-14(13)23(26)28)22(27)25-16-11-15(24)17(29-2)12-18(16)30-3/h4-12,20-21H,1-3H3,(H,25,27)/t20-,21+/m1/s1. The Balaban J connectivity index is 1.79. The molecule has 2 atom stereocenters. The molecule has 2 heterocycles. The minimum absolute atomic E-state index is 0.108. The van der Waals surface area contributed by atoms with Crippen molar-refractivity contribution in [1.82, 2.24) is 4.90 Å². The number of likely N-dealkylation sites (N-methyl/N-ethyl adjacent to an activating group) is 1. The van der Waals surface area contributed by atoms with Crippen LogP contribution in [-0.2, 0) is 4.79 Å². The molecule has 3 aromatic rings. The highest BCUT2D eigenvalue weighted by molar-refractivity contribution is 7.10. The van der Waals surface area contributed by atoms with E-state index in [-0.39, 0.29) is 11.8 Å². The van der Waals surface area contributed by atoms with Crippen LogP contribution in [0.15, 0.2) is 53.9 Å². The molecule has 0 radical (unpaired) electrons. The predicted molar refractivity (Wildman–Crippen MR) is 122 cm³/mol. The molecule has 0 unspecified atom stereocenters. The number of hydrogen-bond acceptors (Lipinski definition) is 5. The molecule has 6 nitrogen and oxygen atoms in total. The summed E-state index contributed by atoms with van der Waals surface area (Å²) in [6.45, 7) is 0. The molecule has 1 aromatic heterocycles. The van der Waals surface area contributed by atoms with E-state index in [4.69, 9.17) is 21.1 Å². The Morgan fingerprint density at radius 1 is 1.10 bits per heavy atom. The van der Waals surface area contributed by atoms with Crippen molar-refractivity contribution >= 4 is 40.4 Å². The van der Waals surface area contributed by atoms with Crippen molar-refractivity contribution < 1.29 is 19.1 Å². The second-order valence-corrected chi connectivity index (χ2v) is 8.50. The van der Waals surface area contributed by atoms with Crippen LogP contribution in [0.3, 0.4) is 0 Å². The van der Waals surface area contributed by atoms with Gasteiger partial charge in [-0.05, 0) is 29.1 Å². The number of benzene rings is 2. The second kappa shape index (κ2) is 8.61. The van der Waals surface area contributed by atoms with Crippen LogP contribution in [0.25, 0.3) is 0 Å². The van der Waals surface area contributed by atoms with Gasteiger partial charge in [-0.1, -0.05) is 35.9 Å². The lowest BCUT2D eigenvalue weighted by molar-refractivity contribution is -0.119. The molecule has 1 N–H and O–H groups in total. The Morgan fingerprint density at radius 2 is 1.84 bits per heavy atom. The third-order valence-electron chi connectivity index (χ3n) is 5.43. The van der Waals surface area contributed by atoms with E-state index in [1.54, 1.807) is 36.2 Å². The monoisotopic (exact) mass is 456 g/mol. The van der Waals surface area contributed by atoms with Gasteiger partial charge in [-0.15, -0.1) is 11.3 Å². The highest BCUT2D eigenvalue weighted by Gasteiger charge is 2.43. The van der Waals surface area contributed by atoms with E-state index in [1.807, 2.05) is 29.6 Å². The predicted octanol–water partition coefficient (Wildman–Crippen LogP) is 4.97. The number of ether oxygens (including phenoxy) is 2. The molecule has 2 aromatic carbocycles. The van der Waals surface area contributed by atoms with Crippen LogP contribution in [0.4, 0.5) is 5.69 Å². The fraction of sp³-hybridized carbons (Fsp3) is 0.217. The summed E-state index contributed by atoms with van der Waals surface area (Å²) in [5.74, 6) is -0.104. The summed E-state index contributed by atoms with van der Waals surface area (Å²) in [4.78, 5) is 29.2. The lowest BCUT2D eigenvalue weighted by Crippen LogP contribution is -2.43. The number of methoxy groups -OCH3 is 2. The Kier molecular flexibility index (Phi) is 5.89. The smallest absolute Gasteiger partial charge is 0.254 e. The van der Waals surface area contributed by atoms with Crippen molar-refractivity contribution in [3.8, 4) is 11.5 Å². The maximum Gasteiger partial charge on any atom is 0.254 e. The fourth-order valence-electron chi connectivity index (χ4n) is 3.94. The van der Waals surface area contributed by atoms with Gasteiger partial charge in [0, 0.05) is 23.6 Å². The summed E-state index contributed by atoms with van der Waals surface area (Å²) in [7, 11) is 4.75. The minimum atomic E-state index is -0.608. The Bertz CT molecular complexity index is 1130. The fourth-order valence-corrected chi connectivity index (χ4v) is 5.09. The number of anilines is 1. The average molecular weight is 457 g/mol. The van der Waals surface area contributed by atoms with E-state index in [2.05, 4.69) is 5.32 Å². The molecule has 1 aliphatic rings. The van der Waals surface area contributed by atoms with Crippen molar-refractivity contribution in [2.24, 2.45) is 0 Å². The number of nitrogens with zero attached hydrogens (tertiary/aromatic N) is 1. The van der Waals surface area contributed by atoms with E-state index in [9.17, 15) is 9.59 Å². The van der Waals surface area contributed by atoms with Crippen LogP contribution in [0, 0.1) is 0 Å². The topological polar surface area (TPSA) is 67.9 Å². The van der Waals surface area contributed by atoms with Crippen LogP contribution in [0.2, 0.25) is 5.02 Å². The lowest BCUT2D eigenvalue weighted by atomic mass is 9.81. The second-order valence-electron chi connectivity index (χ2n) is 7.12. The van der Waals surface area contributed by atoms with Crippen LogP contribution < -0.4 is 14.8 Å². The van der Waals surface area contributed by atoms with E-state index in [0.717, 1.165) is 4.88 Å². The van der Waals surface area contributed by atoms with Gasteiger partial charge < -0.3 is 19.7 Å². The van der Waals surface area contributed by atoms with E-state index >= 15 is 0 Å². The molecular formula is C23H21ClN2O4S. The molecule has 1 aliphatic heterocycles. The van der Waals surface area contributed by atoms with Crippen molar-refractivity contribution in [3.63, 3.8) is 0 Å². The number of fused-ring (bicyclic) bond motifs is 1. The van der Waals surface area contributed by atoms with Crippen molar-refractivity contribution in [2.45, 2.75) is 12.0 Å². The zero-order valence-electron chi connectivity index (χ0n) is 17.2. The van der Waals surface area contributed by atoms with Gasteiger partial charge in [0.2, 0.25) is 5.91 Å². The Hall–Kier alpha value is -3.03. The molecular weight excluding hydrogens is 436 g/mol. The third-order valence-corrected chi connectivity index (χ3v) is 6.67. The van der Waals surface area contributed by atoms with Gasteiger partial charge in [0.1, 0.15) is 11.5 Å². The molecule has 8 heteroatoms. The lowest BCUT2D eigenvalue weighted by Gasteiger charge is -2.39. The normalized spacial score (nSPS) is 17.8. The first kappa shape index (κ1) is 21.2. The Labute approximate surface area is 189 Å². The van der Waals surface area contributed by atoms with E-state index in [1.165, 1.54) is 25.6 Å². The number of rotatable bonds is 5. The first-order valence-electron chi connectivity index (χ1n) is 9.58. The first-order chi connectivity index (χ1) is 15.0. The quantitative estimate of drug-likeness (QED) is 0.588. The maximum absolute atomic E-state index is 13.6. The van der Waals surface area contributed by atoms with Crippen molar-refractivity contribution in [1.29, 1.82) is 0 Å². The van der Waals surface area contributed by atoms with Crippen LogP contribution in [0.5, 0.6) is 11.5 Å². The van der Waals surface area contributed by atoms with Crippen LogP contribution in [-0.4, -0.2) is 38.0 Å². The minimum Gasteiger partial charge on any atom is -0.495 e. The Morgan fingerprint density at radius 3 is 2.52 bits per heavy atom.